The minimum absolute atomic E-state index is 0.168. The van der Waals surface area contributed by atoms with Gasteiger partial charge in [-0.25, -0.2) is 4.98 Å². The van der Waals surface area contributed by atoms with Crippen molar-refractivity contribution in [2.45, 2.75) is 17.8 Å². The molecule has 9 heteroatoms. The zero-order chi connectivity index (χ0) is 18.0. The van der Waals surface area contributed by atoms with E-state index >= 15 is 0 Å². The second-order valence-corrected chi connectivity index (χ2v) is 6.39. The Morgan fingerprint density at radius 2 is 1.88 bits per heavy atom. The van der Waals surface area contributed by atoms with E-state index < -0.39 is 17.0 Å². The number of ether oxygens (including phenoxy) is 1. The van der Waals surface area contributed by atoms with Crippen LogP contribution in [0.15, 0.2) is 42.6 Å². The third kappa shape index (κ3) is 4.30. The minimum Gasteiger partial charge on any atom is -0.439 e. The Bertz CT molecular complexity index is 809. The number of imide groups is 1. The van der Waals surface area contributed by atoms with Crippen LogP contribution in [0.1, 0.15) is 11.1 Å². The van der Waals surface area contributed by atoms with E-state index in [0.717, 1.165) is 35.7 Å². The maximum atomic E-state index is 12.7. The number of hydrogen-bond acceptors (Lipinski definition) is 5. The number of hydrogen-bond donors (Lipinski definition) is 1. The lowest BCUT2D eigenvalue weighted by molar-refractivity contribution is -0.137. The molecule has 5 nitrogen and oxygen atoms in total. The van der Waals surface area contributed by atoms with Crippen LogP contribution in [0.4, 0.5) is 18.0 Å². The van der Waals surface area contributed by atoms with Crippen LogP contribution in [-0.2, 0) is 17.4 Å². The van der Waals surface area contributed by atoms with Crippen molar-refractivity contribution in [2.75, 3.05) is 0 Å². The lowest BCUT2D eigenvalue weighted by Gasteiger charge is -2.10. The molecule has 1 aliphatic rings. The Kier molecular flexibility index (Phi) is 4.67. The molecule has 2 amide bonds. The smallest absolute Gasteiger partial charge is 0.416 e. The van der Waals surface area contributed by atoms with E-state index in [0.29, 0.717) is 12.2 Å². The summed E-state index contributed by atoms with van der Waals surface area (Å²) < 4.78 is 43.3. The van der Waals surface area contributed by atoms with E-state index in [1.165, 1.54) is 0 Å². The van der Waals surface area contributed by atoms with Crippen molar-refractivity contribution < 1.29 is 27.5 Å². The first-order valence-electron chi connectivity index (χ1n) is 7.13. The number of alkyl halides is 3. The van der Waals surface area contributed by atoms with Gasteiger partial charge in [-0.15, -0.1) is 0 Å². The second kappa shape index (κ2) is 6.75. The zero-order valence-electron chi connectivity index (χ0n) is 12.5. The molecule has 1 N–H and O–H groups in total. The highest BCUT2D eigenvalue weighted by atomic mass is 32.2. The number of carbonyl (C=O) groups is 2. The Morgan fingerprint density at radius 1 is 1.16 bits per heavy atom. The molecule has 3 rings (SSSR count). The van der Waals surface area contributed by atoms with Gasteiger partial charge < -0.3 is 4.74 Å². The molecule has 0 aliphatic carbocycles. The highest BCUT2D eigenvalue weighted by Crippen LogP contribution is 2.31. The molecule has 130 valence electrons. The van der Waals surface area contributed by atoms with Crippen molar-refractivity contribution in [3.63, 3.8) is 0 Å². The topological polar surface area (TPSA) is 68.3 Å². The number of rotatable bonds is 4. The SMILES string of the molecule is O=C1NC(=O)C(Cc2ccc(Oc3cc(C(F)(F)F)ccn3)cc2)S1. The lowest BCUT2D eigenvalue weighted by Crippen LogP contribution is -2.25. The van der Waals surface area contributed by atoms with Crippen LogP contribution in [0, 0.1) is 0 Å². The van der Waals surface area contributed by atoms with E-state index in [-0.39, 0.29) is 17.0 Å². The molecule has 25 heavy (non-hydrogen) atoms. The first-order chi connectivity index (χ1) is 11.8. The van der Waals surface area contributed by atoms with Crippen LogP contribution in [0.2, 0.25) is 0 Å². The summed E-state index contributed by atoms with van der Waals surface area (Å²) >= 11 is 0.932. The summed E-state index contributed by atoms with van der Waals surface area (Å²) in [7, 11) is 0. The van der Waals surface area contributed by atoms with Gasteiger partial charge in [0.25, 0.3) is 5.24 Å². The van der Waals surface area contributed by atoms with Crippen LogP contribution in [0.5, 0.6) is 11.6 Å². The number of nitrogens with one attached hydrogen (secondary N) is 1. The molecule has 0 radical (unpaired) electrons. The van der Waals surface area contributed by atoms with Gasteiger partial charge in [0.05, 0.1) is 10.8 Å². The molecule has 0 saturated carbocycles. The Labute approximate surface area is 144 Å². The van der Waals surface area contributed by atoms with E-state index in [4.69, 9.17) is 4.74 Å². The van der Waals surface area contributed by atoms with Gasteiger partial charge in [-0.3, -0.25) is 14.9 Å². The van der Waals surface area contributed by atoms with Crippen molar-refractivity contribution in [2.24, 2.45) is 0 Å². The van der Waals surface area contributed by atoms with Gasteiger partial charge in [0.15, 0.2) is 0 Å². The van der Waals surface area contributed by atoms with E-state index in [2.05, 4.69) is 10.3 Å². The van der Waals surface area contributed by atoms with Crippen LogP contribution in [0.25, 0.3) is 0 Å². The first kappa shape index (κ1) is 17.3. The van der Waals surface area contributed by atoms with Crippen LogP contribution in [-0.4, -0.2) is 21.4 Å². The first-order valence-corrected chi connectivity index (χ1v) is 8.01. The number of halogens is 3. The number of benzene rings is 1. The normalized spacial score (nSPS) is 17.5. The second-order valence-electron chi connectivity index (χ2n) is 5.21. The summed E-state index contributed by atoms with van der Waals surface area (Å²) in [5.41, 5.74) is -0.0465. The molecular formula is C16H11F3N2O3S. The molecule has 0 bridgehead atoms. The molecular weight excluding hydrogens is 357 g/mol. The summed E-state index contributed by atoms with van der Waals surface area (Å²) in [4.78, 5) is 26.4. The third-order valence-electron chi connectivity index (χ3n) is 3.40. The van der Waals surface area contributed by atoms with Gasteiger partial charge >= 0.3 is 6.18 Å². The standard InChI is InChI=1S/C16H11F3N2O3S/c17-16(18,19)10-5-6-20-13(8-10)24-11-3-1-9(2-4-11)7-12-14(22)21-15(23)25-12/h1-6,8,12H,7H2,(H,21,22,23). The maximum Gasteiger partial charge on any atom is 0.416 e. The number of thioether (sulfide) groups is 1. The lowest BCUT2D eigenvalue weighted by atomic mass is 10.1. The predicted molar refractivity (Wildman–Crippen MR) is 84.4 cm³/mol. The molecule has 1 unspecified atom stereocenters. The summed E-state index contributed by atoms with van der Waals surface area (Å²) in [6.45, 7) is 0. The maximum absolute atomic E-state index is 12.7. The Morgan fingerprint density at radius 3 is 2.48 bits per heavy atom. The van der Waals surface area contributed by atoms with Crippen molar-refractivity contribution in [3.05, 3.63) is 53.7 Å². The van der Waals surface area contributed by atoms with Crippen molar-refractivity contribution in [1.29, 1.82) is 0 Å². The highest BCUT2D eigenvalue weighted by molar-refractivity contribution is 8.15. The molecule has 0 spiro atoms. The number of amides is 2. The average molecular weight is 368 g/mol. The summed E-state index contributed by atoms with van der Waals surface area (Å²) in [6, 6.07) is 8.17. The molecule has 2 heterocycles. The van der Waals surface area contributed by atoms with Crippen LogP contribution >= 0.6 is 11.8 Å². The number of pyridine rings is 1. The monoisotopic (exact) mass is 368 g/mol. The number of carbonyl (C=O) groups excluding carboxylic acids is 2. The molecule has 1 aromatic heterocycles. The fraction of sp³-hybridized carbons (Fsp3) is 0.188. The van der Waals surface area contributed by atoms with Gasteiger partial charge in [0.1, 0.15) is 5.75 Å². The van der Waals surface area contributed by atoms with Crippen molar-refractivity contribution in [3.8, 4) is 11.6 Å². The molecule has 1 aliphatic heterocycles. The van der Waals surface area contributed by atoms with Crippen molar-refractivity contribution >= 4 is 22.9 Å². The summed E-state index contributed by atoms with van der Waals surface area (Å²) in [6.07, 6.45) is -3.08. The highest BCUT2D eigenvalue weighted by Gasteiger charge is 2.32. The average Bonchev–Trinajstić information content (AvgIpc) is 2.86. The largest absolute Gasteiger partial charge is 0.439 e. The quantitative estimate of drug-likeness (QED) is 0.889. The Hall–Kier alpha value is -2.55. The van der Waals surface area contributed by atoms with E-state index in [1.54, 1.807) is 24.3 Å². The van der Waals surface area contributed by atoms with Crippen LogP contribution < -0.4 is 10.1 Å². The number of nitrogens with zero attached hydrogens (tertiary/aromatic N) is 1. The van der Waals surface area contributed by atoms with Crippen molar-refractivity contribution in [1.82, 2.24) is 10.3 Å². The van der Waals surface area contributed by atoms with Gasteiger partial charge in [-0.05, 0) is 30.2 Å². The molecule has 1 saturated heterocycles. The fourth-order valence-electron chi connectivity index (χ4n) is 2.20. The fourth-order valence-corrected chi connectivity index (χ4v) is 3.06. The van der Waals surface area contributed by atoms with Gasteiger partial charge in [0.2, 0.25) is 11.8 Å². The Balaban J connectivity index is 1.67. The minimum atomic E-state index is -4.47. The third-order valence-corrected chi connectivity index (χ3v) is 4.38. The predicted octanol–water partition coefficient (Wildman–Crippen LogP) is 3.79. The van der Waals surface area contributed by atoms with Crippen LogP contribution in [0.3, 0.4) is 0 Å². The van der Waals surface area contributed by atoms with E-state index in [9.17, 15) is 22.8 Å². The zero-order valence-corrected chi connectivity index (χ0v) is 13.4. The van der Waals surface area contributed by atoms with Gasteiger partial charge in [-0.2, -0.15) is 13.2 Å². The molecule has 1 atom stereocenters. The summed E-state index contributed by atoms with van der Waals surface area (Å²) in [5, 5.41) is 1.36. The van der Waals surface area contributed by atoms with Gasteiger partial charge in [0, 0.05) is 12.3 Å². The molecule has 1 fully saturated rings. The summed E-state index contributed by atoms with van der Waals surface area (Å²) in [5.74, 6) is -0.183. The van der Waals surface area contributed by atoms with E-state index in [1.807, 2.05) is 0 Å². The molecule has 1 aromatic carbocycles. The number of aromatic nitrogens is 1. The molecule has 2 aromatic rings. The van der Waals surface area contributed by atoms with Gasteiger partial charge in [-0.1, -0.05) is 23.9 Å².